The minimum Gasteiger partial charge on any atom is -0.494 e. The van der Waals surface area contributed by atoms with Gasteiger partial charge in [0.05, 0.1) is 23.5 Å². The van der Waals surface area contributed by atoms with Crippen LogP contribution in [0.5, 0.6) is 11.5 Å². The van der Waals surface area contributed by atoms with Crippen molar-refractivity contribution in [1.82, 2.24) is 9.80 Å². The molecule has 7 nitrogen and oxygen atoms in total. The Labute approximate surface area is 273 Å². The van der Waals surface area contributed by atoms with Crippen LogP contribution in [0.2, 0.25) is 5.02 Å². The Morgan fingerprint density at radius 1 is 1.09 bits per heavy atom. The SMILES string of the molecule is CN(C)CCOc1ccc(-c2cc(C(F)(F)F)ccc2Cl)cc1/C=C1\SC(=S)N(CCCOc2cccc(CC(=O)O)c2)C1=O. The molecule has 0 aliphatic carbocycles. The summed E-state index contributed by atoms with van der Waals surface area (Å²) in [5.41, 5.74) is 0.906. The number of ether oxygens (including phenoxy) is 2. The van der Waals surface area contributed by atoms with Crippen molar-refractivity contribution in [2.24, 2.45) is 0 Å². The third kappa shape index (κ3) is 9.46. The Morgan fingerprint density at radius 2 is 1.87 bits per heavy atom. The van der Waals surface area contributed by atoms with Gasteiger partial charge >= 0.3 is 12.1 Å². The lowest BCUT2D eigenvalue weighted by Crippen LogP contribution is -2.29. The van der Waals surface area contributed by atoms with E-state index in [2.05, 4.69) is 0 Å². The zero-order valence-electron chi connectivity index (χ0n) is 24.4. The molecule has 0 spiro atoms. The van der Waals surface area contributed by atoms with Crippen molar-refractivity contribution < 1.29 is 37.3 Å². The van der Waals surface area contributed by atoms with Crippen molar-refractivity contribution in [2.45, 2.75) is 19.0 Å². The third-order valence-corrected chi connectivity index (χ3v) is 8.33. The molecule has 0 bridgehead atoms. The average molecular weight is 679 g/mol. The maximum Gasteiger partial charge on any atom is 0.416 e. The first-order valence-electron chi connectivity index (χ1n) is 13.8. The zero-order valence-corrected chi connectivity index (χ0v) is 26.8. The number of carboxylic acids is 1. The van der Waals surface area contributed by atoms with Crippen molar-refractivity contribution in [3.05, 3.63) is 87.3 Å². The second-order valence-corrected chi connectivity index (χ2v) is 12.4. The highest BCUT2D eigenvalue weighted by Crippen LogP contribution is 2.39. The van der Waals surface area contributed by atoms with E-state index >= 15 is 0 Å². The van der Waals surface area contributed by atoms with Crippen LogP contribution in [-0.2, 0) is 22.2 Å². The number of rotatable bonds is 13. The van der Waals surface area contributed by atoms with E-state index < -0.39 is 17.7 Å². The number of thiocarbonyl (C=S) groups is 1. The van der Waals surface area contributed by atoms with Gasteiger partial charge in [-0.05, 0) is 80.2 Å². The fraction of sp³-hybridized carbons (Fsp3) is 0.281. The molecular formula is C32H30ClF3N2O5S2. The molecule has 1 amide bonds. The summed E-state index contributed by atoms with van der Waals surface area (Å²) >= 11 is 12.9. The largest absolute Gasteiger partial charge is 0.494 e. The number of hydrogen-bond donors (Lipinski definition) is 1. The van der Waals surface area contributed by atoms with Crippen LogP contribution in [0.25, 0.3) is 17.2 Å². The Balaban J connectivity index is 1.52. The molecule has 1 aliphatic heterocycles. The van der Waals surface area contributed by atoms with Crippen molar-refractivity contribution in [1.29, 1.82) is 0 Å². The van der Waals surface area contributed by atoms with Crippen molar-refractivity contribution in [3.8, 4) is 22.6 Å². The lowest BCUT2D eigenvalue weighted by Gasteiger charge is -2.16. The first-order chi connectivity index (χ1) is 21.3. The highest BCUT2D eigenvalue weighted by atomic mass is 35.5. The molecule has 1 N–H and O–H groups in total. The number of carbonyl (C=O) groups excluding carboxylic acids is 1. The summed E-state index contributed by atoms with van der Waals surface area (Å²) in [5.74, 6) is -0.266. The molecule has 0 unspecified atom stereocenters. The molecule has 0 aromatic heterocycles. The van der Waals surface area contributed by atoms with E-state index in [1.54, 1.807) is 48.5 Å². The summed E-state index contributed by atoms with van der Waals surface area (Å²) in [4.78, 5) is 28.1. The second kappa shape index (κ2) is 15.1. The van der Waals surface area contributed by atoms with Crippen molar-refractivity contribution in [3.63, 3.8) is 0 Å². The second-order valence-electron chi connectivity index (χ2n) is 10.4. The van der Waals surface area contributed by atoms with Gasteiger partial charge in [0, 0.05) is 29.2 Å². The van der Waals surface area contributed by atoms with Gasteiger partial charge in [0.1, 0.15) is 22.4 Å². The minimum atomic E-state index is -4.54. The fourth-order valence-corrected chi connectivity index (χ4v) is 5.91. The van der Waals surface area contributed by atoms with Gasteiger partial charge in [0.15, 0.2) is 0 Å². The predicted octanol–water partition coefficient (Wildman–Crippen LogP) is 7.26. The lowest BCUT2D eigenvalue weighted by atomic mass is 9.99. The molecule has 1 fully saturated rings. The van der Waals surface area contributed by atoms with Crippen LogP contribution in [0.15, 0.2) is 65.6 Å². The Hall–Kier alpha value is -3.58. The first-order valence-corrected chi connectivity index (χ1v) is 15.4. The van der Waals surface area contributed by atoms with E-state index in [9.17, 15) is 22.8 Å². The van der Waals surface area contributed by atoms with E-state index in [1.165, 1.54) is 11.0 Å². The molecule has 3 aromatic rings. The van der Waals surface area contributed by atoms with E-state index in [0.29, 0.717) is 63.5 Å². The van der Waals surface area contributed by atoms with Gasteiger partial charge < -0.3 is 19.5 Å². The highest BCUT2D eigenvalue weighted by molar-refractivity contribution is 8.26. The van der Waals surface area contributed by atoms with Crippen LogP contribution in [0.3, 0.4) is 0 Å². The number of likely N-dealkylation sites (N-methyl/N-ethyl adjacent to an activating group) is 1. The van der Waals surface area contributed by atoms with E-state index in [4.69, 9.17) is 38.4 Å². The first kappa shape index (κ1) is 34.3. The predicted molar refractivity (Wildman–Crippen MR) is 174 cm³/mol. The van der Waals surface area contributed by atoms with Crippen molar-refractivity contribution in [2.75, 3.05) is 40.4 Å². The van der Waals surface area contributed by atoms with Crippen LogP contribution in [-0.4, -0.2) is 71.5 Å². The maximum atomic E-state index is 13.4. The molecule has 0 atom stereocenters. The van der Waals surface area contributed by atoms with Crippen LogP contribution in [0, 0.1) is 0 Å². The van der Waals surface area contributed by atoms with Crippen molar-refractivity contribution >= 4 is 57.9 Å². The van der Waals surface area contributed by atoms with Crippen LogP contribution in [0.1, 0.15) is 23.1 Å². The van der Waals surface area contributed by atoms with Gasteiger partial charge in [-0.25, -0.2) is 0 Å². The summed E-state index contributed by atoms with van der Waals surface area (Å²) in [6.07, 6.45) is -2.57. The summed E-state index contributed by atoms with van der Waals surface area (Å²) in [6.45, 7) is 1.53. The normalized spacial score (nSPS) is 14.5. The number of nitrogens with zero attached hydrogens (tertiary/aromatic N) is 2. The molecule has 238 valence electrons. The number of benzene rings is 3. The van der Waals surface area contributed by atoms with Gasteiger partial charge in [0.2, 0.25) is 0 Å². The number of hydrogen-bond acceptors (Lipinski definition) is 7. The number of amides is 1. The zero-order chi connectivity index (χ0) is 32.7. The number of aliphatic carboxylic acids is 1. The van der Waals surface area contributed by atoms with Gasteiger partial charge in [0.25, 0.3) is 5.91 Å². The number of carboxylic acid groups (broad SMARTS) is 1. The number of carbonyl (C=O) groups is 2. The van der Waals surface area contributed by atoms with Gasteiger partial charge in [-0.2, -0.15) is 13.2 Å². The molecular weight excluding hydrogens is 649 g/mol. The van der Waals surface area contributed by atoms with Crippen LogP contribution in [0.4, 0.5) is 13.2 Å². The topological polar surface area (TPSA) is 79.3 Å². The van der Waals surface area contributed by atoms with Gasteiger partial charge in [-0.3, -0.25) is 14.5 Å². The minimum absolute atomic E-state index is 0.113. The molecule has 0 saturated carbocycles. The van der Waals surface area contributed by atoms with Crippen LogP contribution < -0.4 is 9.47 Å². The summed E-state index contributed by atoms with van der Waals surface area (Å²) < 4.78 is 52.4. The highest BCUT2D eigenvalue weighted by Gasteiger charge is 2.33. The fourth-order valence-electron chi connectivity index (χ4n) is 4.39. The molecule has 3 aromatic carbocycles. The molecule has 1 aliphatic rings. The molecule has 13 heteroatoms. The number of thioether (sulfide) groups is 1. The molecule has 45 heavy (non-hydrogen) atoms. The Bertz CT molecular complexity index is 1610. The van der Waals surface area contributed by atoms with Gasteiger partial charge in [-0.1, -0.05) is 53.8 Å². The van der Waals surface area contributed by atoms with Crippen LogP contribution >= 0.6 is 35.6 Å². The standard InChI is InChI=1S/C32H30ClF3N2O5S2/c1-37(2)12-14-43-27-10-7-21(25-19-23(32(34,35)36)8-9-26(25)33)17-22(27)18-28-30(41)38(31(44)45-28)11-4-13-42-24-6-3-5-20(15-24)16-29(39)40/h3,5-10,15,17-19H,4,11-14,16H2,1-2H3,(H,39,40)/b28-18-. The quantitative estimate of drug-likeness (QED) is 0.115. The Kier molecular flexibility index (Phi) is 11.5. The number of halogens is 4. The average Bonchev–Trinajstić information content (AvgIpc) is 3.22. The summed E-state index contributed by atoms with van der Waals surface area (Å²) in [7, 11) is 3.80. The third-order valence-electron chi connectivity index (χ3n) is 6.62. The van der Waals surface area contributed by atoms with E-state index in [0.717, 1.165) is 23.9 Å². The molecule has 1 heterocycles. The Morgan fingerprint density at radius 3 is 2.58 bits per heavy atom. The molecule has 0 radical (unpaired) electrons. The van der Waals surface area contributed by atoms with Gasteiger partial charge in [-0.15, -0.1) is 0 Å². The van der Waals surface area contributed by atoms with E-state index in [1.807, 2.05) is 19.0 Å². The maximum absolute atomic E-state index is 13.4. The summed E-state index contributed by atoms with van der Waals surface area (Å²) in [6, 6.07) is 14.9. The monoisotopic (exact) mass is 678 g/mol. The smallest absolute Gasteiger partial charge is 0.416 e. The van der Waals surface area contributed by atoms with E-state index in [-0.39, 0.29) is 29.5 Å². The lowest BCUT2D eigenvalue weighted by molar-refractivity contribution is -0.138. The number of alkyl halides is 3. The molecule has 1 saturated heterocycles. The summed E-state index contributed by atoms with van der Waals surface area (Å²) in [5, 5.41) is 9.15. The molecule has 4 rings (SSSR count).